The maximum Gasteiger partial charge on any atom is 0.257 e. The van der Waals surface area contributed by atoms with E-state index in [1.807, 2.05) is 18.2 Å². The van der Waals surface area contributed by atoms with Gasteiger partial charge in [0.05, 0.1) is 30.8 Å². The first-order valence-electron chi connectivity index (χ1n) is 11.8. The normalized spacial score (nSPS) is 17.4. The number of methoxy groups -OCH3 is 1. The zero-order chi connectivity index (χ0) is 24.1. The molecule has 0 N–H and O–H groups in total. The van der Waals surface area contributed by atoms with E-state index in [4.69, 9.17) is 9.47 Å². The van der Waals surface area contributed by atoms with Gasteiger partial charge in [-0.15, -0.1) is 0 Å². The van der Waals surface area contributed by atoms with Gasteiger partial charge < -0.3 is 19.3 Å². The number of benzene rings is 2. The van der Waals surface area contributed by atoms with Crippen LogP contribution in [0.2, 0.25) is 0 Å². The van der Waals surface area contributed by atoms with Gasteiger partial charge in [0.2, 0.25) is 10.0 Å². The Hall–Kier alpha value is -2.62. The number of ether oxygens (including phenoxy) is 2. The van der Waals surface area contributed by atoms with Crippen LogP contribution in [0.25, 0.3) is 0 Å². The third-order valence-corrected chi connectivity index (χ3v) is 8.35. The zero-order valence-corrected chi connectivity index (χ0v) is 20.7. The third kappa shape index (κ3) is 5.21. The summed E-state index contributed by atoms with van der Waals surface area (Å²) in [5.74, 6) is 0.0615. The summed E-state index contributed by atoms with van der Waals surface area (Å²) in [6.07, 6.45) is 3.59. The Morgan fingerprint density at radius 2 is 1.74 bits per heavy atom. The fourth-order valence-electron chi connectivity index (χ4n) is 4.57. The Morgan fingerprint density at radius 3 is 2.44 bits per heavy atom. The fourth-order valence-corrected chi connectivity index (χ4v) is 6.01. The molecular weight excluding hydrogens is 454 g/mol. The highest BCUT2D eigenvalue weighted by Gasteiger charge is 2.29. The Labute approximate surface area is 202 Å². The first-order chi connectivity index (χ1) is 16.4. The first-order valence-corrected chi connectivity index (χ1v) is 13.2. The number of morpholine rings is 1. The van der Waals surface area contributed by atoms with Crippen molar-refractivity contribution in [1.82, 2.24) is 9.21 Å². The lowest BCUT2D eigenvalue weighted by atomic mass is 10.1. The number of carbonyl (C=O) groups excluding carboxylic acids is 1. The number of para-hydroxylation sites is 1. The molecule has 0 atom stereocenters. The van der Waals surface area contributed by atoms with E-state index in [-0.39, 0.29) is 16.4 Å². The smallest absolute Gasteiger partial charge is 0.257 e. The topological polar surface area (TPSA) is 79.4 Å². The number of nitrogens with zero attached hydrogens (tertiary/aromatic N) is 3. The molecule has 1 amide bonds. The highest BCUT2D eigenvalue weighted by atomic mass is 32.2. The molecule has 8 nitrogen and oxygen atoms in total. The molecule has 0 aromatic heterocycles. The lowest BCUT2D eigenvalue weighted by molar-refractivity contribution is 0.0730. The third-order valence-electron chi connectivity index (χ3n) is 6.45. The summed E-state index contributed by atoms with van der Waals surface area (Å²) in [4.78, 5) is 17.6. The second kappa shape index (κ2) is 10.8. The van der Waals surface area contributed by atoms with E-state index >= 15 is 0 Å². The average Bonchev–Trinajstić information content (AvgIpc) is 2.89. The minimum atomic E-state index is -3.73. The molecular formula is C25H33N3O5S. The molecule has 0 saturated carbocycles. The molecule has 2 aliphatic rings. The molecule has 2 aromatic carbocycles. The van der Waals surface area contributed by atoms with Gasteiger partial charge in [-0.3, -0.25) is 4.79 Å². The molecule has 0 unspecified atom stereocenters. The quantitative estimate of drug-likeness (QED) is 0.598. The molecule has 184 valence electrons. The van der Waals surface area contributed by atoms with Crippen molar-refractivity contribution in [1.29, 1.82) is 0 Å². The van der Waals surface area contributed by atoms with Crippen molar-refractivity contribution in [3.63, 3.8) is 0 Å². The number of carbonyl (C=O) groups is 1. The monoisotopic (exact) mass is 487 g/mol. The number of amides is 1. The van der Waals surface area contributed by atoms with E-state index in [0.717, 1.165) is 24.3 Å². The lowest BCUT2D eigenvalue weighted by Gasteiger charge is -2.31. The summed E-state index contributed by atoms with van der Waals surface area (Å²) in [6.45, 7) is 3.76. The van der Waals surface area contributed by atoms with Crippen LogP contribution in [-0.2, 0) is 21.3 Å². The minimum Gasteiger partial charge on any atom is -0.496 e. The summed E-state index contributed by atoms with van der Waals surface area (Å²) in [7, 11) is -0.514. The van der Waals surface area contributed by atoms with E-state index in [9.17, 15) is 13.2 Å². The summed E-state index contributed by atoms with van der Waals surface area (Å²) in [6, 6.07) is 12.6. The van der Waals surface area contributed by atoms with Crippen LogP contribution in [0, 0.1) is 0 Å². The van der Waals surface area contributed by atoms with Crippen molar-refractivity contribution < 1.29 is 22.7 Å². The highest BCUT2D eigenvalue weighted by molar-refractivity contribution is 7.89. The molecule has 0 spiro atoms. The maximum atomic E-state index is 13.5. The van der Waals surface area contributed by atoms with Crippen LogP contribution in [0.15, 0.2) is 47.4 Å². The van der Waals surface area contributed by atoms with Crippen molar-refractivity contribution in [2.75, 3.05) is 58.5 Å². The predicted octanol–water partition coefficient (Wildman–Crippen LogP) is 2.98. The summed E-state index contributed by atoms with van der Waals surface area (Å²) in [5, 5.41) is 0. The molecule has 2 heterocycles. The molecule has 2 saturated heterocycles. The summed E-state index contributed by atoms with van der Waals surface area (Å²) >= 11 is 0. The maximum absolute atomic E-state index is 13.5. The Balaban J connectivity index is 1.58. The minimum absolute atomic E-state index is 0.0840. The largest absolute Gasteiger partial charge is 0.496 e. The predicted molar refractivity (Wildman–Crippen MR) is 131 cm³/mol. The van der Waals surface area contributed by atoms with Gasteiger partial charge in [0.25, 0.3) is 5.91 Å². The van der Waals surface area contributed by atoms with E-state index < -0.39 is 10.0 Å². The molecule has 2 aromatic rings. The van der Waals surface area contributed by atoms with Crippen LogP contribution in [0.3, 0.4) is 0 Å². The van der Waals surface area contributed by atoms with Gasteiger partial charge in [-0.05, 0) is 49.1 Å². The second-order valence-corrected chi connectivity index (χ2v) is 10.7. The van der Waals surface area contributed by atoms with Crippen LogP contribution in [0.1, 0.15) is 35.2 Å². The van der Waals surface area contributed by atoms with Crippen LogP contribution in [-0.4, -0.2) is 77.1 Å². The molecule has 0 bridgehead atoms. The van der Waals surface area contributed by atoms with Crippen LogP contribution in [0.4, 0.5) is 5.69 Å². The zero-order valence-electron chi connectivity index (χ0n) is 19.9. The molecule has 4 rings (SSSR count). The Morgan fingerprint density at radius 1 is 1.03 bits per heavy atom. The van der Waals surface area contributed by atoms with E-state index in [1.165, 1.54) is 42.8 Å². The molecule has 9 heteroatoms. The molecule has 2 fully saturated rings. The lowest BCUT2D eigenvalue weighted by Crippen LogP contribution is -2.40. The van der Waals surface area contributed by atoms with Crippen LogP contribution in [0.5, 0.6) is 5.75 Å². The van der Waals surface area contributed by atoms with E-state index in [1.54, 1.807) is 18.0 Å². The number of sulfonamides is 1. The van der Waals surface area contributed by atoms with Crippen LogP contribution < -0.4 is 9.64 Å². The number of hydrogen-bond acceptors (Lipinski definition) is 6. The van der Waals surface area contributed by atoms with Gasteiger partial charge >= 0.3 is 0 Å². The highest BCUT2D eigenvalue weighted by Crippen LogP contribution is 2.28. The van der Waals surface area contributed by atoms with E-state index in [0.29, 0.717) is 38.6 Å². The van der Waals surface area contributed by atoms with Crippen molar-refractivity contribution in [3.8, 4) is 5.75 Å². The summed E-state index contributed by atoms with van der Waals surface area (Å²) in [5.41, 5.74) is 2.45. The molecule has 0 aliphatic carbocycles. The van der Waals surface area contributed by atoms with Crippen molar-refractivity contribution >= 4 is 21.6 Å². The fraction of sp³-hybridized carbons (Fsp3) is 0.480. The van der Waals surface area contributed by atoms with E-state index in [2.05, 4.69) is 11.0 Å². The van der Waals surface area contributed by atoms with Gasteiger partial charge in [0.15, 0.2) is 0 Å². The first kappa shape index (κ1) is 24.5. The van der Waals surface area contributed by atoms with Gasteiger partial charge in [0.1, 0.15) is 5.75 Å². The van der Waals surface area contributed by atoms with Gasteiger partial charge in [-0.1, -0.05) is 18.2 Å². The number of hydrogen-bond donors (Lipinski definition) is 0. The molecule has 34 heavy (non-hydrogen) atoms. The number of piperidine rings is 1. The van der Waals surface area contributed by atoms with Crippen molar-refractivity contribution in [3.05, 3.63) is 53.6 Å². The standard InChI is InChI=1S/C25H33N3O5S/c1-26(19-20-8-4-5-9-23(20)27-12-6-3-7-13-27)25(29)22-18-21(10-11-24(22)32-2)34(30,31)28-14-16-33-17-15-28/h4-5,8-11,18H,3,6-7,12-17,19H2,1-2H3. The number of rotatable bonds is 7. The molecule has 0 radical (unpaired) electrons. The molecule has 2 aliphatic heterocycles. The number of anilines is 1. The van der Waals surface area contributed by atoms with Gasteiger partial charge in [-0.2, -0.15) is 4.31 Å². The SMILES string of the molecule is COc1ccc(S(=O)(=O)N2CCOCC2)cc1C(=O)N(C)Cc1ccccc1N1CCCCC1. The van der Waals surface area contributed by atoms with Crippen molar-refractivity contribution in [2.45, 2.75) is 30.7 Å². The Bertz CT molecular complexity index is 1110. The van der Waals surface area contributed by atoms with Gasteiger partial charge in [0, 0.05) is 45.5 Å². The van der Waals surface area contributed by atoms with Gasteiger partial charge in [-0.25, -0.2) is 8.42 Å². The van der Waals surface area contributed by atoms with Crippen molar-refractivity contribution in [2.24, 2.45) is 0 Å². The van der Waals surface area contributed by atoms with Crippen LogP contribution >= 0.6 is 0 Å². The summed E-state index contributed by atoms with van der Waals surface area (Å²) < 4.78 is 38.4. The Kier molecular flexibility index (Phi) is 7.75. The second-order valence-electron chi connectivity index (χ2n) is 8.72. The average molecular weight is 488 g/mol.